The van der Waals surface area contributed by atoms with Crippen LogP contribution in [0.15, 0.2) is 22.5 Å². The Morgan fingerprint density at radius 2 is 2.43 bits per heavy atom. The topological polar surface area (TPSA) is 68.7 Å². The Kier molecular flexibility index (Phi) is 3.77. The normalized spacial score (nSPS) is 13.8. The fraction of sp³-hybridized carbons (Fsp3) is 0.286. The molecule has 1 unspecified atom stereocenters. The number of ether oxygens (including phenoxy) is 2. The van der Waals surface area contributed by atoms with Crippen LogP contribution in [0.3, 0.4) is 0 Å². The predicted molar refractivity (Wildman–Crippen MR) is 81.5 cm³/mol. The molecule has 0 bridgehead atoms. The van der Waals surface area contributed by atoms with Crippen molar-refractivity contribution < 1.29 is 19.4 Å². The molecule has 3 rings (SSSR count). The number of hydrogen-bond acceptors (Lipinski definition) is 6. The number of para-hydroxylation sites is 1. The van der Waals surface area contributed by atoms with Crippen molar-refractivity contribution in [2.45, 2.75) is 30.4 Å². The number of fused-ring (bicyclic) bond motifs is 3. The molecule has 0 amide bonds. The van der Waals surface area contributed by atoms with Gasteiger partial charge in [0.1, 0.15) is 10.9 Å². The highest BCUT2D eigenvalue weighted by Gasteiger charge is 2.26. The lowest BCUT2D eigenvalue weighted by Gasteiger charge is -2.21. The van der Waals surface area contributed by atoms with Crippen molar-refractivity contribution in [3.8, 4) is 22.8 Å². The highest BCUT2D eigenvalue weighted by Crippen LogP contribution is 2.45. The SMILES string of the molecule is CCC(Oc1cccc2c1OCc1sc(S)nc1-2)C(=O)O. The number of thiol groups is 1. The number of hydrogen-bond donors (Lipinski definition) is 2. The molecule has 1 aliphatic heterocycles. The number of carboxylic acid groups (broad SMARTS) is 1. The predicted octanol–water partition coefficient (Wildman–Crippen LogP) is 3.23. The maximum Gasteiger partial charge on any atom is 0.344 e. The summed E-state index contributed by atoms with van der Waals surface area (Å²) in [4.78, 5) is 16.5. The standard InChI is InChI=1S/C14H13NO4S2/c1-2-8(13(16)17)19-9-5-3-4-7-11-10(6-18-12(7)9)21-14(20)15-11/h3-5,8H,2,6H2,1H3,(H,15,20)(H,16,17). The molecule has 0 saturated carbocycles. The van der Waals surface area contributed by atoms with E-state index in [2.05, 4.69) is 17.6 Å². The molecule has 21 heavy (non-hydrogen) atoms. The van der Waals surface area contributed by atoms with Gasteiger partial charge in [0.15, 0.2) is 17.6 Å². The quantitative estimate of drug-likeness (QED) is 0.846. The molecule has 0 fully saturated rings. The van der Waals surface area contributed by atoms with Gasteiger partial charge in [-0.1, -0.05) is 13.0 Å². The lowest BCUT2D eigenvalue weighted by atomic mass is 10.1. The van der Waals surface area contributed by atoms with E-state index < -0.39 is 12.1 Å². The van der Waals surface area contributed by atoms with Gasteiger partial charge in [-0.2, -0.15) is 0 Å². The Hall–Kier alpha value is -1.73. The highest BCUT2D eigenvalue weighted by molar-refractivity contribution is 7.82. The van der Waals surface area contributed by atoms with Gasteiger partial charge < -0.3 is 14.6 Å². The van der Waals surface area contributed by atoms with E-state index in [0.29, 0.717) is 28.9 Å². The van der Waals surface area contributed by atoms with Crippen molar-refractivity contribution in [1.82, 2.24) is 4.98 Å². The van der Waals surface area contributed by atoms with E-state index >= 15 is 0 Å². The van der Waals surface area contributed by atoms with Gasteiger partial charge in [-0.05, 0) is 18.6 Å². The van der Waals surface area contributed by atoms with Gasteiger partial charge >= 0.3 is 5.97 Å². The van der Waals surface area contributed by atoms with Crippen molar-refractivity contribution in [1.29, 1.82) is 0 Å². The van der Waals surface area contributed by atoms with Crippen LogP contribution in [0.25, 0.3) is 11.3 Å². The summed E-state index contributed by atoms with van der Waals surface area (Å²) >= 11 is 5.74. The molecule has 0 spiro atoms. The molecule has 5 nitrogen and oxygen atoms in total. The third kappa shape index (κ3) is 2.58. The summed E-state index contributed by atoms with van der Waals surface area (Å²) in [5.74, 6) is -0.0117. The summed E-state index contributed by atoms with van der Waals surface area (Å²) in [6, 6.07) is 5.40. The first-order valence-corrected chi connectivity index (χ1v) is 7.70. The summed E-state index contributed by atoms with van der Waals surface area (Å²) in [5, 5.41) is 9.11. The number of rotatable bonds is 4. The van der Waals surface area contributed by atoms with Gasteiger partial charge in [0.25, 0.3) is 0 Å². The van der Waals surface area contributed by atoms with Gasteiger partial charge in [0, 0.05) is 5.56 Å². The van der Waals surface area contributed by atoms with Crippen molar-refractivity contribution in [3.63, 3.8) is 0 Å². The molecular formula is C14H13NO4S2. The number of aromatic nitrogens is 1. The average Bonchev–Trinajstić information content (AvgIpc) is 2.85. The summed E-state index contributed by atoms with van der Waals surface area (Å²) in [6.45, 7) is 2.16. The van der Waals surface area contributed by atoms with Crippen LogP contribution >= 0.6 is 24.0 Å². The largest absolute Gasteiger partial charge is 0.483 e. The van der Waals surface area contributed by atoms with Gasteiger partial charge in [0.05, 0.1) is 10.6 Å². The van der Waals surface area contributed by atoms with Crippen LogP contribution in [0.4, 0.5) is 0 Å². The first kappa shape index (κ1) is 14.2. The molecule has 1 aromatic heterocycles. The Morgan fingerprint density at radius 3 is 3.14 bits per heavy atom. The van der Waals surface area contributed by atoms with E-state index in [1.807, 2.05) is 6.07 Å². The molecule has 7 heteroatoms. The molecule has 1 aromatic carbocycles. The van der Waals surface area contributed by atoms with Gasteiger partial charge in [-0.3, -0.25) is 0 Å². The van der Waals surface area contributed by atoms with Crippen molar-refractivity contribution in [3.05, 3.63) is 23.1 Å². The number of nitrogens with zero attached hydrogens (tertiary/aromatic N) is 1. The molecule has 1 aliphatic rings. The molecule has 1 N–H and O–H groups in total. The third-order valence-electron chi connectivity index (χ3n) is 3.18. The van der Waals surface area contributed by atoms with Crippen LogP contribution in [0, 0.1) is 0 Å². The molecule has 2 aromatic rings. The van der Waals surface area contributed by atoms with Crippen LogP contribution in [-0.2, 0) is 11.4 Å². The zero-order chi connectivity index (χ0) is 15.0. The molecule has 1 atom stereocenters. The first-order valence-electron chi connectivity index (χ1n) is 6.44. The number of carbonyl (C=O) groups is 1. The van der Waals surface area contributed by atoms with E-state index in [1.165, 1.54) is 11.3 Å². The van der Waals surface area contributed by atoms with Gasteiger partial charge in [0.2, 0.25) is 0 Å². The van der Waals surface area contributed by atoms with Gasteiger partial charge in [-0.15, -0.1) is 24.0 Å². The summed E-state index contributed by atoms with van der Waals surface area (Å²) in [7, 11) is 0. The number of aliphatic carboxylic acids is 1. The third-order valence-corrected chi connectivity index (χ3v) is 4.39. The fourth-order valence-electron chi connectivity index (χ4n) is 2.19. The van der Waals surface area contributed by atoms with E-state index in [1.54, 1.807) is 19.1 Å². The average molecular weight is 323 g/mol. The Balaban J connectivity index is 2.01. The molecule has 110 valence electrons. The Labute approximate surface area is 131 Å². The highest BCUT2D eigenvalue weighted by atomic mass is 32.2. The van der Waals surface area contributed by atoms with Crippen molar-refractivity contribution in [2.24, 2.45) is 0 Å². The second kappa shape index (κ2) is 5.57. The maximum absolute atomic E-state index is 11.1. The second-order valence-electron chi connectivity index (χ2n) is 4.54. The first-order chi connectivity index (χ1) is 10.1. The van der Waals surface area contributed by atoms with E-state index in [9.17, 15) is 4.79 Å². The second-order valence-corrected chi connectivity index (χ2v) is 6.35. The van der Waals surface area contributed by atoms with Crippen LogP contribution in [-0.4, -0.2) is 22.2 Å². The van der Waals surface area contributed by atoms with E-state index in [-0.39, 0.29) is 0 Å². The molecule has 2 heterocycles. The molecule has 0 saturated heterocycles. The lowest BCUT2D eigenvalue weighted by Crippen LogP contribution is -2.26. The molecule has 0 aliphatic carbocycles. The zero-order valence-corrected chi connectivity index (χ0v) is 12.9. The minimum Gasteiger partial charge on any atom is -0.483 e. The van der Waals surface area contributed by atoms with E-state index in [4.69, 9.17) is 14.6 Å². The molecule has 0 radical (unpaired) electrons. The number of carboxylic acids is 1. The fourth-order valence-corrected chi connectivity index (χ4v) is 3.35. The number of benzene rings is 1. The van der Waals surface area contributed by atoms with Crippen LogP contribution in [0.2, 0.25) is 0 Å². The lowest BCUT2D eigenvalue weighted by molar-refractivity contribution is -0.145. The number of thiazole rings is 1. The summed E-state index contributed by atoms with van der Waals surface area (Å²) in [5.41, 5.74) is 1.64. The minimum absolute atomic E-state index is 0.377. The molecular weight excluding hydrogens is 310 g/mol. The van der Waals surface area contributed by atoms with Crippen LogP contribution in [0.5, 0.6) is 11.5 Å². The van der Waals surface area contributed by atoms with Crippen LogP contribution < -0.4 is 9.47 Å². The smallest absolute Gasteiger partial charge is 0.344 e. The summed E-state index contributed by atoms with van der Waals surface area (Å²) in [6.07, 6.45) is -0.515. The van der Waals surface area contributed by atoms with Crippen molar-refractivity contribution >= 4 is 29.9 Å². The maximum atomic E-state index is 11.1. The summed E-state index contributed by atoms with van der Waals surface area (Å²) < 4.78 is 12.0. The van der Waals surface area contributed by atoms with Crippen LogP contribution in [0.1, 0.15) is 18.2 Å². The van der Waals surface area contributed by atoms with Crippen molar-refractivity contribution in [2.75, 3.05) is 0 Å². The zero-order valence-electron chi connectivity index (χ0n) is 11.2. The van der Waals surface area contributed by atoms with E-state index in [0.717, 1.165) is 16.1 Å². The monoisotopic (exact) mass is 323 g/mol. The minimum atomic E-state index is -0.988. The van der Waals surface area contributed by atoms with Gasteiger partial charge in [-0.25, -0.2) is 9.78 Å². The Morgan fingerprint density at radius 1 is 1.62 bits per heavy atom. The Bertz CT molecular complexity index is 698.